The second kappa shape index (κ2) is 8.02. The Labute approximate surface area is 192 Å². The molecule has 1 aromatic carbocycles. The van der Waals surface area contributed by atoms with Crippen LogP contribution < -0.4 is 11.2 Å². The summed E-state index contributed by atoms with van der Waals surface area (Å²) in [5, 5.41) is 0. The van der Waals surface area contributed by atoms with E-state index in [1.807, 2.05) is 11.3 Å². The number of rotatable bonds is 4. The van der Waals surface area contributed by atoms with Gasteiger partial charge in [0.15, 0.2) is 11.2 Å². The first-order valence-electron chi connectivity index (χ1n) is 11.8. The van der Waals surface area contributed by atoms with Crippen LogP contribution in [0.4, 0.5) is 0 Å². The molecule has 0 amide bonds. The fourth-order valence-electron chi connectivity index (χ4n) is 5.12. The van der Waals surface area contributed by atoms with Crippen LogP contribution in [0, 0.1) is 27.7 Å². The summed E-state index contributed by atoms with van der Waals surface area (Å²) in [7, 11) is 1.71. The lowest BCUT2D eigenvalue weighted by Crippen LogP contribution is -2.43. The molecule has 3 aromatic heterocycles. The maximum Gasteiger partial charge on any atom is 0.332 e. The Morgan fingerprint density at radius 2 is 1.67 bits per heavy atom. The molecular formula is C25H32N6O2. The average molecular weight is 449 g/mol. The number of hydrogen-bond acceptors (Lipinski definition) is 4. The van der Waals surface area contributed by atoms with Gasteiger partial charge in [-0.3, -0.25) is 22.9 Å². The molecule has 0 atom stereocenters. The van der Waals surface area contributed by atoms with E-state index in [0.717, 1.165) is 41.3 Å². The monoisotopic (exact) mass is 448 g/mol. The molecule has 0 N–H and O–H groups in total. The van der Waals surface area contributed by atoms with Gasteiger partial charge in [0.1, 0.15) is 0 Å². The summed E-state index contributed by atoms with van der Waals surface area (Å²) in [5.74, 6) is 0.662. The van der Waals surface area contributed by atoms with Gasteiger partial charge in [0.05, 0.1) is 5.69 Å². The molecule has 1 saturated heterocycles. The first kappa shape index (κ1) is 21.7. The Hall–Kier alpha value is -3.13. The van der Waals surface area contributed by atoms with Crippen LogP contribution >= 0.6 is 0 Å². The molecule has 0 aliphatic carbocycles. The van der Waals surface area contributed by atoms with E-state index in [1.54, 1.807) is 7.05 Å². The Balaban J connectivity index is 1.73. The number of likely N-dealkylation sites (tertiary alicyclic amines) is 1. The van der Waals surface area contributed by atoms with E-state index in [1.165, 1.54) is 28.4 Å². The minimum absolute atomic E-state index is 0.265. The Morgan fingerprint density at radius 3 is 2.39 bits per heavy atom. The van der Waals surface area contributed by atoms with Gasteiger partial charge in [-0.15, -0.1) is 0 Å². The summed E-state index contributed by atoms with van der Waals surface area (Å²) in [6.07, 6.45) is 3.62. The average Bonchev–Trinajstić information content (AvgIpc) is 3.30. The summed E-state index contributed by atoms with van der Waals surface area (Å²) in [4.78, 5) is 33.9. The number of piperidine rings is 1. The van der Waals surface area contributed by atoms with Gasteiger partial charge in [0, 0.05) is 31.5 Å². The highest BCUT2D eigenvalue weighted by molar-refractivity contribution is 5.77. The molecule has 1 fully saturated rings. The van der Waals surface area contributed by atoms with E-state index in [9.17, 15) is 9.59 Å². The highest BCUT2D eigenvalue weighted by Gasteiger charge is 2.24. The lowest BCUT2D eigenvalue weighted by molar-refractivity contribution is 0.218. The largest absolute Gasteiger partial charge is 0.332 e. The van der Waals surface area contributed by atoms with Crippen LogP contribution in [0.15, 0.2) is 27.8 Å². The minimum atomic E-state index is -0.307. The molecule has 4 heterocycles. The van der Waals surface area contributed by atoms with Gasteiger partial charge in [-0.05, 0) is 70.8 Å². The fraction of sp³-hybridized carbons (Fsp3) is 0.480. The van der Waals surface area contributed by atoms with Crippen molar-refractivity contribution in [2.75, 3.05) is 19.6 Å². The van der Waals surface area contributed by atoms with Crippen molar-refractivity contribution in [1.82, 2.24) is 28.0 Å². The summed E-state index contributed by atoms with van der Waals surface area (Å²) in [6, 6.07) is 6.33. The number of fused-ring (bicyclic) bond motifs is 3. The molecule has 8 nitrogen and oxygen atoms in total. The van der Waals surface area contributed by atoms with Gasteiger partial charge >= 0.3 is 5.69 Å². The summed E-state index contributed by atoms with van der Waals surface area (Å²) in [6.45, 7) is 11.4. The van der Waals surface area contributed by atoms with Crippen LogP contribution in [0.5, 0.6) is 0 Å². The number of imidazole rings is 2. The third-order valence-electron chi connectivity index (χ3n) is 7.21. The van der Waals surface area contributed by atoms with Crippen molar-refractivity contribution < 1.29 is 0 Å². The van der Waals surface area contributed by atoms with E-state index in [-0.39, 0.29) is 11.2 Å². The third kappa shape index (κ3) is 3.35. The molecule has 174 valence electrons. The molecular weight excluding hydrogens is 416 g/mol. The molecule has 0 spiro atoms. The first-order valence-corrected chi connectivity index (χ1v) is 11.8. The van der Waals surface area contributed by atoms with Gasteiger partial charge in [0.2, 0.25) is 5.78 Å². The number of aryl methyl sites for hydroxylation is 4. The maximum absolute atomic E-state index is 13.6. The maximum atomic E-state index is 13.6. The quantitative estimate of drug-likeness (QED) is 0.481. The van der Waals surface area contributed by atoms with Crippen molar-refractivity contribution in [3.05, 3.63) is 61.6 Å². The van der Waals surface area contributed by atoms with Crippen molar-refractivity contribution >= 4 is 16.9 Å². The SMILES string of the molecule is Cc1ccc(C)c(-n2c(C)c(C)n3c4c(=O)n(CCN5CCCCC5)c(=O)n(C)c4nc23)c1. The topological polar surface area (TPSA) is 69.5 Å². The van der Waals surface area contributed by atoms with Gasteiger partial charge in [0.25, 0.3) is 5.56 Å². The van der Waals surface area contributed by atoms with Crippen LogP contribution in [0.2, 0.25) is 0 Å². The van der Waals surface area contributed by atoms with Gasteiger partial charge in [-0.2, -0.15) is 4.98 Å². The molecule has 4 aromatic rings. The number of hydrogen-bond donors (Lipinski definition) is 0. The summed E-state index contributed by atoms with van der Waals surface area (Å²) >= 11 is 0. The van der Waals surface area contributed by atoms with Crippen LogP contribution in [0.25, 0.3) is 22.6 Å². The molecule has 5 rings (SSSR count). The molecule has 0 bridgehead atoms. The normalized spacial score (nSPS) is 15.2. The molecule has 0 radical (unpaired) electrons. The highest BCUT2D eigenvalue weighted by atomic mass is 16.2. The molecule has 1 aliphatic heterocycles. The van der Waals surface area contributed by atoms with E-state index in [0.29, 0.717) is 30.0 Å². The van der Waals surface area contributed by atoms with E-state index < -0.39 is 0 Å². The van der Waals surface area contributed by atoms with Crippen molar-refractivity contribution in [3.8, 4) is 5.69 Å². The zero-order valence-corrected chi connectivity index (χ0v) is 20.2. The van der Waals surface area contributed by atoms with Crippen molar-refractivity contribution in [2.45, 2.75) is 53.5 Å². The van der Waals surface area contributed by atoms with Crippen LogP contribution in [0.1, 0.15) is 41.8 Å². The number of aromatic nitrogens is 5. The van der Waals surface area contributed by atoms with E-state index in [2.05, 4.69) is 48.4 Å². The smallest absolute Gasteiger partial charge is 0.302 e. The van der Waals surface area contributed by atoms with E-state index >= 15 is 0 Å². The third-order valence-corrected chi connectivity index (χ3v) is 7.21. The van der Waals surface area contributed by atoms with Crippen molar-refractivity contribution in [2.24, 2.45) is 7.05 Å². The van der Waals surface area contributed by atoms with Crippen molar-refractivity contribution in [3.63, 3.8) is 0 Å². The van der Waals surface area contributed by atoms with Gasteiger partial charge in [-0.25, -0.2) is 4.79 Å². The predicted octanol–water partition coefficient (Wildman–Crippen LogP) is 2.86. The number of benzene rings is 1. The highest BCUT2D eigenvalue weighted by Crippen LogP contribution is 2.26. The van der Waals surface area contributed by atoms with Gasteiger partial charge < -0.3 is 4.90 Å². The Kier molecular flexibility index (Phi) is 5.28. The second-order valence-electron chi connectivity index (χ2n) is 9.42. The van der Waals surface area contributed by atoms with Gasteiger partial charge in [-0.1, -0.05) is 18.6 Å². The lowest BCUT2D eigenvalue weighted by atomic mass is 10.1. The lowest BCUT2D eigenvalue weighted by Gasteiger charge is -2.26. The number of nitrogens with zero attached hydrogens (tertiary/aromatic N) is 6. The Morgan fingerprint density at radius 1 is 0.939 bits per heavy atom. The van der Waals surface area contributed by atoms with E-state index in [4.69, 9.17) is 4.98 Å². The zero-order chi connectivity index (χ0) is 23.4. The minimum Gasteiger partial charge on any atom is -0.302 e. The Bertz CT molecular complexity index is 1490. The standard InChI is InChI=1S/C25H32N6O2/c1-16-9-10-17(2)20(15-16)30-18(3)19(4)31-21-22(26-24(30)31)27(5)25(33)29(23(21)32)14-13-28-11-7-6-8-12-28/h9-10,15H,6-8,11-14H2,1-5H3. The molecule has 33 heavy (non-hydrogen) atoms. The molecule has 0 saturated carbocycles. The second-order valence-corrected chi connectivity index (χ2v) is 9.42. The summed E-state index contributed by atoms with van der Waals surface area (Å²) in [5.41, 5.74) is 5.62. The zero-order valence-electron chi connectivity index (χ0n) is 20.2. The molecule has 0 unspecified atom stereocenters. The van der Waals surface area contributed by atoms with Crippen LogP contribution in [-0.2, 0) is 13.6 Å². The first-order chi connectivity index (χ1) is 15.8. The predicted molar refractivity (Wildman–Crippen MR) is 131 cm³/mol. The fourth-order valence-corrected chi connectivity index (χ4v) is 5.12. The van der Waals surface area contributed by atoms with Crippen LogP contribution in [-0.4, -0.2) is 47.6 Å². The molecule has 8 heteroatoms. The van der Waals surface area contributed by atoms with Crippen LogP contribution in [0.3, 0.4) is 0 Å². The molecule has 1 aliphatic rings. The summed E-state index contributed by atoms with van der Waals surface area (Å²) < 4.78 is 6.92. The van der Waals surface area contributed by atoms with Crippen molar-refractivity contribution in [1.29, 1.82) is 0 Å².